The summed E-state index contributed by atoms with van der Waals surface area (Å²) in [5.41, 5.74) is 3.99. The van der Waals surface area contributed by atoms with Gasteiger partial charge < -0.3 is 15.1 Å². The fraction of sp³-hybridized carbons (Fsp3) is 0.375. The average Bonchev–Trinajstić information content (AvgIpc) is 2.82. The number of carbonyl (C=O) groups is 2. The van der Waals surface area contributed by atoms with Gasteiger partial charge in [-0.25, -0.2) is 0 Å². The van der Waals surface area contributed by atoms with Crippen molar-refractivity contribution in [3.05, 3.63) is 35.1 Å². The molecule has 1 aromatic carbocycles. The lowest BCUT2D eigenvalue weighted by molar-refractivity contribution is -0.121. The molecule has 0 fully saturated rings. The standard InChI is InChI=1S/C16H20N2O3/c1-10-4-5-14-13(9-21-16(14)11(10)2)8-15(20)18-7-6-17-12(3)19/h4-5,9H,6-8H2,1-3H3,(H,17,19)(H,18,20). The van der Waals surface area contributed by atoms with Gasteiger partial charge in [0.15, 0.2) is 0 Å². The zero-order valence-electron chi connectivity index (χ0n) is 12.6. The van der Waals surface area contributed by atoms with Crippen LogP contribution in [-0.4, -0.2) is 24.9 Å². The zero-order valence-corrected chi connectivity index (χ0v) is 12.6. The minimum Gasteiger partial charge on any atom is -0.464 e. The van der Waals surface area contributed by atoms with Crippen LogP contribution < -0.4 is 10.6 Å². The van der Waals surface area contributed by atoms with E-state index in [1.165, 1.54) is 12.5 Å². The zero-order chi connectivity index (χ0) is 15.4. The molecule has 0 aliphatic carbocycles. The van der Waals surface area contributed by atoms with E-state index >= 15 is 0 Å². The second kappa shape index (κ2) is 6.43. The summed E-state index contributed by atoms with van der Waals surface area (Å²) < 4.78 is 5.58. The van der Waals surface area contributed by atoms with E-state index in [1.54, 1.807) is 6.26 Å². The molecule has 2 N–H and O–H groups in total. The second-order valence-corrected chi connectivity index (χ2v) is 5.15. The number of hydrogen-bond acceptors (Lipinski definition) is 3. The lowest BCUT2D eigenvalue weighted by Crippen LogP contribution is -2.34. The number of nitrogens with one attached hydrogen (secondary N) is 2. The summed E-state index contributed by atoms with van der Waals surface area (Å²) in [7, 11) is 0. The Morgan fingerprint density at radius 1 is 1.14 bits per heavy atom. The van der Waals surface area contributed by atoms with Gasteiger partial charge in [-0.2, -0.15) is 0 Å². The highest BCUT2D eigenvalue weighted by atomic mass is 16.3. The minimum absolute atomic E-state index is 0.0821. The van der Waals surface area contributed by atoms with Crippen LogP contribution in [0, 0.1) is 13.8 Å². The summed E-state index contributed by atoms with van der Waals surface area (Å²) in [5, 5.41) is 6.38. The molecule has 2 amide bonds. The molecule has 0 saturated heterocycles. The van der Waals surface area contributed by atoms with Gasteiger partial charge in [0.25, 0.3) is 0 Å². The summed E-state index contributed by atoms with van der Waals surface area (Å²) in [4.78, 5) is 22.6. The molecular formula is C16H20N2O3. The smallest absolute Gasteiger partial charge is 0.224 e. The third-order valence-corrected chi connectivity index (χ3v) is 3.51. The topological polar surface area (TPSA) is 71.3 Å². The van der Waals surface area contributed by atoms with Crippen LogP contribution in [0.15, 0.2) is 22.8 Å². The Morgan fingerprint density at radius 2 is 1.86 bits per heavy atom. The van der Waals surface area contributed by atoms with Crippen LogP contribution in [0.5, 0.6) is 0 Å². The third kappa shape index (κ3) is 3.62. The van der Waals surface area contributed by atoms with Crippen molar-refractivity contribution in [1.29, 1.82) is 0 Å². The SMILES string of the molecule is CC(=O)NCCNC(=O)Cc1coc2c(C)c(C)ccc12. The normalized spacial score (nSPS) is 10.6. The molecule has 1 heterocycles. The van der Waals surface area contributed by atoms with E-state index in [9.17, 15) is 9.59 Å². The molecule has 2 rings (SSSR count). The fourth-order valence-corrected chi connectivity index (χ4v) is 2.20. The van der Waals surface area contributed by atoms with Gasteiger partial charge >= 0.3 is 0 Å². The summed E-state index contributed by atoms with van der Waals surface area (Å²) in [6.45, 7) is 6.35. The van der Waals surface area contributed by atoms with E-state index < -0.39 is 0 Å². The van der Waals surface area contributed by atoms with Crippen LogP contribution in [0.25, 0.3) is 11.0 Å². The molecule has 0 spiro atoms. The molecule has 21 heavy (non-hydrogen) atoms. The second-order valence-electron chi connectivity index (χ2n) is 5.15. The van der Waals surface area contributed by atoms with Crippen LogP contribution in [0.2, 0.25) is 0 Å². The van der Waals surface area contributed by atoms with Crippen molar-refractivity contribution >= 4 is 22.8 Å². The largest absolute Gasteiger partial charge is 0.464 e. The van der Waals surface area contributed by atoms with Crippen LogP contribution in [0.1, 0.15) is 23.6 Å². The van der Waals surface area contributed by atoms with Crippen LogP contribution in [0.3, 0.4) is 0 Å². The molecule has 0 atom stereocenters. The van der Waals surface area contributed by atoms with E-state index in [0.717, 1.165) is 22.1 Å². The van der Waals surface area contributed by atoms with Crippen molar-refractivity contribution < 1.29 is 14.0 Å². The van der Waals surface area contributed by atoms with Crippen LogP contribution >= 0.6 is 0 Å². The lowest BCUT2D eigenvalue weighted by Gasteiger charge is -2.05. The Morgan fingerprint density at radius 3 is 2.57 bits per heavy atom. The van der Waals surface area contributed by atoms with E-state index in [0.29, 0.717) is 13.1 Å². The van der Waals surface area contributed by atoms with Crippen molar-refractivity contribution in [3.8, 4) is 0 Å². The van der Waals surface area contributed by atoms with Gasteiger partial charge in [-0.3, -0.25) is 9.59 Å². The van der Waals surface area contributed by atoms with Gasteiger partial charge in [0.1, 0.15) is 5.58 Å². The first-order valence-electron chi connectivity index (χ1n) is 6.96. The maximum atomic E-state index is 11.9. The molecule has 0 radical (unpaired) electrons. The first-order chi connectivity index (χ1) is 9.99. The summed E-state index contributed by atoms with van der Waals surface area (Å²) in [6, 6.07) is 4.02. The molecule has 0 aliphatic heterocycles. The highest BCUT2D eigenvalue weighted by molar-refractivity contribution is 5.89. The van der Waals surface area contributed by atoms with E-state index in [-0.39, 0.29) is 18.2 Å². The highest BCUT2D eigenvalue weighted by Crippen LogP contribution is 2.26. The van der Waals surface area contributed by atoms with E-state index in [2.05, 4.69) is 10.6 Å². The number of furan rings is 1. The fourth-order valence-electron chi connectivity index (χ4n) is 2.20. The number of carbonyl (C=O) groups excluding carboxylic acids is 2. The number of fused-ring (bicyclic) bond motifs is 1. The molecule has 5 heteroatoms. The Balaban J connectivity index is 1.98. The van der Waals surface area contributed by atoms with Gasteiger partial charge in [-0.1, -0.05) is 12.1 Å². The lowest BCUT2D eigenvalue weighted by atomic mass is 10.0. The third-order valence-electron chi connectivity index (χ3n) is 3.51. The molecular weight excluding hydrogens is 268 g/mol. The Labute approximate surface area is 123 Å². The van der Waals surface area contributed by atoms with Crippen molar-refractivity contribution in [1.82, 2.24) is 10.6 Å². The molecule has 0 saturated carbocycles. The summed E-state index contributed by atoms with van der Waals surface area (Å²) in [6.07, 6.45) is 1.92. The first-order valence-corrected chi connectivity index (χ1v) is 6.96. The number of amides is 2. The summed E-state index contributed by atoms with van der Waals surface area (Å²) >= 11 is 0. The van der Waals surface area contributed by atoms with Gasteiger partial charge in [-0.05, 0) is 25.0 Å². The number of benzene rings is 1. The predicted octanol–water partition coefficient (Wildman–Crippen LogP) is 1.84. The molecule has 0 aliphatic rings. The molecule has 0 bridgehead atoms. The van der Waals surface area contributed by atoms with Crippen LogP contribution in [-0.2, 0) is 16.0 Å². The monoisotopic (exact) mass is 288 g/mol. The predicted molar refractivity (Wildman–Crippen MR) is 81.1 cm³/mol. The van der Waals surface area contributed by atoms with Crippen molar-refractivity contribution in [2.45, 2.75) is 27.2 Å². The molecule has 5 nitrogen and oxygen atoms in total. The molecule has 0 unspecified atom stereocenters. The average molecular weight is 288 g/mol. The minimum atomic E-state index is -0.101. The van der Waals surface area contributed by atoms with Gasteiger partial charge in [0.05, 0.1) is 12.7 Å². The van der Waals surface area contributed by atoms with Gasteiger partial charge in [0.2, 0.25) is 11.8 Å². The molecule has 2 aromatic rings. The van der Waals surface area contributed by atoms with Crippen molar-refractivity contribution in [2.24, 2.45) is 0 Å². The van der Waals surface area contributed by atoms with Crippen molar-refractivity contribution in [2.75, 3.05) is 13.1 Å². The molecule has 112 valence electrons. The van der Waals surface area contributed by atoms with E-state index in [4.69, 9.17) is 4.42 Å². The van der Waals surface area contributed by atoms with Gasteiger partial charge in [-0.15, -0.1) is 0 Å². The molecule has 1 aromatic heterocycles. The Kier molecular flexibility index (Phi) is 4.62. The first kappa shape index (κ1) is 15.1. The number of hydrogen-bond donors (Lipinski definition) is 2. The van der Waals surface area contributed by atoms with E-state index in [1.807, 2.05) is 26.0 Å². The Bertz CT molecular complexity index is 673. The maximum Gasteiger partial charge on any atom is 0.224 e. The van der Waals surface area contributed by atoms with Crippen LogP contribution in [0.4, 0.5) is 0 Å². The summed E-state index contributed by atoms with van der Waals surface area (Å²) in [5.74, 6) is -0.183. The van der Waals surface area contributed by atoms with Crippen molar-refractivity contribution in [3.63, 3.8) is 0 Å². The quantitative estimate of drug-likeness (QED) is 0.825. The van der Waals surface area contributed by atoms with Gasteiger partial charge in [0, 0.05) is 31.0 Å². The number of aryl methyl sites for hydroxylation is 2. The number of rotatable bonds is 5. The Hall–Kier alpha value is -2.30. The maximum absolute atomic E-state index is 11.9. The highest BCUT2D eigenvalue weighted by Gasteiger charge is 2.12.